The first-order valence-electron chi connectivity index (χ1n) is 1.12. The number of carbonyl (C=O) groups is 1. The molecule has 0 spiro atoms. The number of amides is 1. The Balaban J connectivity index is 3.35. The highest BCUT2D eigenvalue weighted by Crippen LogP contribution is 1.93. The van der Waals surface area contributed by atoms with Gasteiger partial charge in [-0.3, -0.25) is 0 Å². The maximum absolute atomic E-state index is 10.5. The smallest absolute Gasteiger partial charge is 0.226 e. The van der Waals surface area contributed by atoms with Crippen LogP contribution in [0.2, 0.25) is 0 Å². The molecule has 7 heavy (non-hydrogen) atoms. The van der Waals surface area contributed by atoms with Crippen molar-refractivity contribution in [3.8, 4) is 0 Å². The largest absolute Gasteiger partial charge is 0.504 e. The summed E-state index contributed by atoms with van der Waals surface area (Å²) in [6.07, 6.45) is -2.32. The van der Waals surface area contributed by atoms with Crippen molar-refractivity contribution in [2.24, 2.45) is 0 Å². The topological polar surface area (TPSA) is 29.5 Å². The molecule has 0 aromatic carbocycles. The number of nitrogens with zero attached hydrogens (tertiary/aromatic N) is 1. The Labute approximate surface area is 36.0 Å². The van der Waals surface area contributed by atoms with Gasteiger partial charge in [0.1, 0.15) is 0 Å². The van der Waals surface area contributed by atoms with Gasteiger partial charge in [0.25, 0.3) is 0 Å². The lowest BCUT2D eigenvalue weighted by Crippen LogP contribution is -2.10. The Hall–Kier alpha value is -0.940. The van der Waals surface area contributed by atoms with E-state index in [0.29, 0.717) is 0 Å². The minimum atomic E-state index is -2.32. The van der Waals surface area contributed by atoms with Crippen molar-refractivity contribution in [3.05, 3.63) is 0 Å². The van der Waals surface area contributed by atoms with Gasteiger partial charge in [-0.25, -0.2) is 9.74 Å². The third-order valence-electron chi connectivity index (χ3n) is 0.204. The van der Waals surface area contributed by atoms with E-state index >= 15 is 0 Å². The van der Waals surface area contributed by atoms with Crippen molar-refractivity contribution in [1.29, 1.82) is 0 Å². The molecule has 0 aliphatic heterocycles. The fraction of sp³-hybridized carbons (Fsp3) is 0. The summed E-state index contributed by atoms with van der Waals surface area (Å²) in [6.45, 7) is 0. The molecule has 1 amide bonds. The van der Waals surface area contributed by atoms with E-state index in [1.807, 2.05) is 4.94 Å². The van der Waals surface area contributed by atoms with E-state index in [2.05, 4.69) is 0 Å². The Morgan fingerprint density at radius 3 is 2.00 bits per heavy atom. The van der Waals surface area contributed by atoms with Gasteiger partial charge in [0.2, 0.25) is 0 Å². The minimum absolute atomic E-state index is 2.01. The average Bonchev–Trinajstić information content (AvgIpc) is 1.65. The van der Waals surface area contributed by atoms with Gasteiger partial charge >= 0.3 is 6.09 Å². The van der Waals surface area contributed by atoms with Gasteiger partial charge in [0.15, 0.2) is 0 Å². The van der Waals surface area contributed by atoms with E-state index in [1.165, 1.54) is 0 Å². The minimum Gasteiger partial charge on any atom is -0.226 e. The third-order valence-corrected chi connectivity index (χ3v) is 0.204. The summed E-state index contributed by atoms with van der Waals surface area (Å²) in [5.74, 6) is 0. The molecule has 42 valence electrons. The van der Waals surface area contributed by atoms with Gasteiger partial charge in [-0.15, -0.1) is 0 Å². The van der Waals surface area contributed by atoms with Crippen LogP contribution in [-0.4, -0.2) is 11.4 Å². The standard InChI is InChI=1S/CF3NO2/c2-5(3)1(6)7-4. The fourth-order valence-corrected chi connectivity index (χ4v) is 0.0261. The molecule has 0 bridgehead atoms. The zero-order valence-electron chi connectivity index (χ0n) is 2.90. The number of hydrogen-bond donors (Lipinski definition) is 0. The monoisotopic (exact) mass is 115 g/mol. The van der Waals surface area contributed by atoms with Gasteiger partial charge < -0.3 is 0 Å². The lowest BCUT2D eigenvalue weighted by Gasteiger charge is -1.88. The lowest BCUT2D eigenvalue weighted by atomic mass is 11.3. The van der Waals surface area contributed by atoms with Crippen LogP contribution in [-0.2, 0) is 4.94 Å². The number of hydrogen-bond acceptors (Lipinski definition) is 2. The van der Waals surface area contributed by atoms with Crippen LogP contribution in [0, 0.1) is 0 Å². The van der Waals surface area contributed by atoms with Gasteiger partial charge in [0, 0.05) is 9.87 Å². The molecule has 0 saturated carbocycles. The van der Waals surface area contributed by atoms with Gasteiger partial charge in [-0.1, -0.05) is 8.96 Å². The second-order valence-corrected chi connectivity index (χ2v) is 0.576. The number of halogens is 3. The summed E-state index contributed by atoms with van der Waals surface area (Å²) in [7, 11) is 0. The van der Waals surface area contributed by atoms with E-state index in [0.717, 1.165) is 0 Å². The summed E-state index contributed by atoms with van der Waals surface area (Å²) < 4.78 is 31.4. The van der Waals surface area contributed by atoms with Crippen LogP contribution in [0.4, 0.5) is 18.3 Å². The first-order valence-corrected chi connectivity index (χ1v) is 1.12. The quantitative estimate of drug-likeness (QED) is 0.442. The molecule has 0 N–H and O–H groups in total. The molecule has 6 heteroatoms. The van der Waals surface area contributed by atoms with Crippen molar-refractivity contribution in [1.82, 2.24) is 5.34 Å². The second-order valence-electron chi connectivity index (χ2n) is 0.576. The predicted octanol–water partition coefficient (Wildman–Crippen LogP) is 1.08. The van der Waals surface area contributed by atoms with Crippen LogP contribution in [0.1, 0.15) is 0 Å². The van der Waals surface area contributed by atoms with E-state index in [1.54, 1.807) is 0 Å². The van der Waals surface area contributed by atoms with Crippen LogP contribution in [0.5, 0.6) is 0 Å². The highest BCUT2D eigenvalue weighted by atomic mass is 19.4. The first kappa shape index (κ1) is 6.06. The Morgan fingerprint density at radius 1 is 1.57 bits per heavy atom. The van der Waals surface area contributed by atoms with Crippen LogP contribution in [0.3, 0.4) is 0 Å². The Morgan fingerprint density at radius 2 is 2.00 bits per heavy atom. The lowest BCUT2D eigenvalue weighted by molar-refractivity contribution is -0.173. The molecule has 0 aromatic rings. The van der Waals surface area contributed by atoms with Crippen LogP contribution >= 0.6 is 0 Å². The van der Waals surface area contributed by atoms with Crippen molar-refractivity contribution in [2.45, 2.75) is 0 Å². The second kappa shape index (κ2) is 2.27. The highest BCUT2D eigenvalue weighted by Gasteiger charge is 2.12. The number of carbonyl (C=O) groups excluding carboxylic acids is 1. The summed E-state index contributed by atoms with van der Waals surface area (Å²) in [5.41, 5.74) is 0. The van der Waals surface area contributed by atoms with Crippen LogP contribution in [0.25, 0.3) is 0 Å². The molecule has 0 saturated heterocycles. The molecule has 0 aliphatic carbocycles. The molecule has 0 aliphatic rings. The fourth-order valence-electron chi connectivity index (χ4n) is 0.0261. The number of rotatable bonds is 0. The molecule has 0 aromatic heterocycles. The molecular formula is CF3NO2. The summed E-state index contributed by atoms with van der Waals surface area (Å²) >= 11 is 0. The van der Waals surface area contributed by atoms with E-state index in [9.17, 15) is 13.5 Å². The van der Waals surface area contributed by atoms with E-state index in [4.69, 9.17) is 4.79 Å². The summed E-state index contributed by atoms with van der Waals surface area (Å²) in [5, 5.41) is -2.01. The maximum atomic E-state index is 10.5. The molecule has 0 rings (SSSR count). The summed E-state index contributed by atoms with van der Waals surface area (Å²) in [6, 6.07) is 0. The highest BCUT2D eigenvalue weighted by molar-refractivity contribution is 5.63. The van der Waals surface area contributed by atoms with E-state index < -0.39 is 11.4 Å². The predicted molar refractivity (Wildman–Crippen MR) is 11.6 cm³/mol. The van der Waals surface area contributed by atoms with Gasteiger partial charge in [-0.2, -0.15) is 0 Å². The zero-order chi connectivity index (χ0) is 5.86. The third kappa shape index (κ3) is 1.85. The van der Waals surface area contributed by atoms with Gasteiger partial charge in [0.05, 0.1) is 0 Å². The molecule has 0 atom stereocenters. The maximum Gasteiger partial charge on any atom is 0.504 e. The van der Waals surface area contributed by atoms with Crippen LogP contribution in [0.15, 0.2) is 0 Å². The molecule has 3 nitrogen and oxygen atoms in total. The van der Waals surface area contributed by atoms with Gasteiger partial charge in [-0.05, 0) is 0 Å². The zero-order valence-corrected chi connectivity index (χ0v) is 2.90. The normalized spacial score (nSPS) is 7.86. The molecule has 0 radical (unpaired) electrons. The first-order chi connectivity index (χ1) is 3.18. The summed E-state index contributed by atoms with van der Waals surface area (Å²) in [4.78, 5) is 11.1. The molecule has 0 unspecified atom stereocenters. The van der Waals surface area contributed by atoms with Crippen molar-refractivity contribution < 1.29 is 23.2 Å². The molecular weight excluding hydrogens is 115 g/mol. The Kier molecular flexibility index (Phi) is 1.97. The Bertz CT molecular complexity index is 73.3. The molecule has 0 heterocycles. The van der Waals surface area contributed by atoms with Crippen molar-refractivity contribution >= 4 is 6.09 Å². The SMILES string of the molecule is O=C(OF)N(F)F. The molecule has 0 fully saturated rings. The van der Waals surface area contributed by atoms with Crippen molar-refractivity contribution in [3.63, 3.8) is 0 Å². The van der Waals surface area contributed by atoms with Crippen LogP contribution < -0.4 is 0 Å². The van der Waals surface area contributed by atoms with E-state index in [-0.39, 0.29) is 0 Å². The average molecular weight is 115 g/mol. The van der Waals surface area contributed by atoms with Crippen molar-refractivity contribution in [2.75, 3.05) is 0 Å².